The summed E-state index contributed by atoms with van der Waals surface area (Å²) < 4.78 is 6.99. The van der Waals surface area contributed by atoms with Crippen LogP contribution in [0.3, 0.4) is 0 Å². The molecule has 1 aromatic carbocycles. The third-order valence-corrected chi connectivity index (χ3v) is 7.18. The van der Waals surface area contributed by atoms with Gasteiger partial charge in [-0.25, -0.2) is 0 Å². The normalized spacial score (nSPS) is 29.0. The van der Waals surface area contributed by atoms with Crippen LogP contribution in [0.2, 0.25) is 0 Å². The molecule has 32 heavy (non-hydrogen) atoms. The molecule has 5 atom stereocenters. The standard InChI is InChI=1S/C23H29N5O4/c1-32-15-6-4-5-14(11-15)25-23(31)19-10-13-9-18(13)28(19)20(29)12-27-17-8-3-2-7-16(17)21(26-27)22(24)30/h2-3,7-8,13-15,18-19H,4-6,9-12H2,1H3,(H2,24,30)(H,25,31)/t13-,14?,15+,18-,19+/m1/s1. The van der Waals surface area contributed by atoms with Gasteiger partial charge in [-0.15, -0.1) is 0 Å². The smallest absolute Gasteiger partial charge is 0.269 e. The van der Waals surface area contributed by atoms with Gasteiger partial charge in [0.25, 0.3) is 5.91 Å². The molecule has 1 unspecified atom stereocenters. The molecule has 9 heteroatoms. The molecule has 1 aromatic heterocycles. The summed E-state index contributed by atoms with van der Waals surface area (Å²) in [6.45, 7) is -0.0318. The molecule has 0 spiro atoms. The number of nitrogens with two attached hydrogens (primary N) is 1. The second-order valence-corrected chi connectivity index (χ2v) is 9.23. The number of benzene rings is 1. The maximum atomic E-state index is 13.3. The second-order valence-electron chi connectivity index (χ2n) is 9.23. The topological polar surface area (TPSA) is 120 Å². The number of rotatable bonds is 6. The monoisotopic (exact) mass is 439 g/mol. The summed E-state index contributed by atoms with van der Waals surface area (Å²) in [6, 6.07) is 6.96. The first kappa shape index (κ1) is 20.9. The Morgan fingerprint density at radius 2 is 2.00 bits per heavy atom. The average Bonchev–Trinajstić information content (AvgIpc) is 3.29. The number of primary amides is 1. The number of aromatic nitrogens is 2. The molecule has 1 saturated heterocycles. The van der Waals surface area contributed by atoms with Crippen molar-refractivity contribution in [2.45, 2.75) is 69.3 Å². The van der Waals surface area contributed by atoms with E-state index in [2.05, 4.69) is 10.4 Å². The third-order valence-electron chi connectivity index (χ3n) is 7.18. The molecule has 2 aliphatic carbocycles. The summed E-state index contributed by atoms with van der Waals surface area (Å²) in [5, 5.41) is 8.09. The minimum atomic E-state index is -0.630. The predicted molar refractivity (Wildman–Crippen MR) is 117 cm³/mol. The Balaban J connectivity index is 1.32. The van der Waals surface area contributed by atoms with Crippen molar-refractivity contribution in [3.8, 4) is 0 Å². The summed E-state index contributed by atoms with van der Waals surface area (Å²) in [6.07, 6.45) is 5.62. The molecule has 2 aromatic rings. The summed E-state index contributed by atoms with van der Waals surface area (Å²) in [7, 11) is 1.71. The zero-order valence-electron chi connectivity index (χ0n) is 18.2. The van der Waals surface area contributed by atoms with Gasteiger partial charge in [-0.1, -0.05) is 18.2 Å². The molecule has 9 nitrogen and oxygen atoms in total. The molecule has 5 rings (SSSR count). The molecule has 2 heterocycles. The Morgan fingerprint density at radius 3 is 2.78 bits per heavy atom. The highest BCUT2D eigenvalue weighted by molar-refractivity contribution is 6.04. The highest BCUT2D eigenvalue weighted by Gasteiger charge is 2.56. The molecule has 3 aliphatic rings. The van der Waals surface area contributed by atoms with Crippen LogP contribution in [0.15, 0.2) is 24.3 Å². The second kappa shape index (κ2) is 8.20. The van der Waals surface area contributed by atoms with Crippen LogP contribution in [0.1, 0.15) is 49.0 Å². The predicted octanol–water partition coefficient (Wildman–Crippen LogP) is 1.20. The SMILES string of the molecule is CO[C@H]1CCCC(NC(=O)[C@@H]2C[C@H]3C[C@H]3N2C(=O)Cn2nc(C(N)=O)c3ccccc32)C1. The van der Waals surface area contributed by atoms with E-state index in [0.29, 0.717) is 23.2 Å². The number of carbonyl (C=O) groups excluding carboxylic acids is 3. The van der Waals surface area contributed by atoms with Gasteiger partial charge in [0, 0.05) is 24.6 Å². The molecule has 3 amide bonds. The van der Waals surface area contributed by atoms with E-state index in [0.717, 1.165) is 32.1 Å². The number of likely N-dealkylation sites (tertiary alicyclic amines) is 1. The van der Waals surface area contributed by atoms with Crippen molar-refractivity contribution in [3.63, 3.8) is 0 Å². The molecule has 3 N–H and O–H groups in total. The summed E-state index contributed by atoms with van der Waals surface area (Å²) in [4.78, 5) is 40.0. The van der Waals surface area contributed by atoms with Gasteiger partial charge in [-0.3, -0.25) is 19.1 Å². The lowest BCUT2D eigenvalue weighted by Gasteiger charge is -2.32. The quantitative estimate of drug-likeness (QED) is 0.701. The average molecular weight is 440 g/mol. The van der Waals surface area contributed by atoms with Gasteiger partial charge in [-0.05, 0) is 50.5 Å². The number of nitrogens with zero attached hydrogens (tertiary/aromatic N) is 3. The van der Waals surface area contributed by atoms with Crippen molar-refractivity contribution in [2.75, 3.05) is 7.11 Å². The summed E-state index contributed by atoms with van der Waals surface area (Å²) in [5.41, 5.74) is 6.30. The van der Waals surface area contributed by atoms with E-state index in [-0.39, 0.29) is 42.2 Å². The van der Waals surface area contributed by atoms with Gasteiger partial charge >= 0.3 is 0 Å². The van der Waals surface area contributed by atoms with Gasteiger partial charge in [0.2, 0.25) is 11.8 Å². The van der Waals surface area contributed by atoms with Gasteiger partial charge in [-0.2, -0.15) is 5.10 Å². The molecule has 2 saturated carbocycles. The number of nitrogens with one attached hydrogen (secondary N) is 1. The number of hydrogen-bond donors (Lipinski definition) is 2. The van der Waals surface area contributed by atoms with Crippen molar-refractivity contribution in [2.24, 2.45) is 11.7 Å². The Hall–Kier alpha value is -2.94. The van der Waals surface area contributed by atoms with E-state index in [4.69, 9.17) is 10.5 Å². The van der Waals surface area contributed by atoms with Crippen molar-refractivity contribution in [3.05, 3.63) is 30.0 Å². The fraction of sp³-hybridized carbons (Fsp3) is 0.565. The van der Waals surface area contributed by atoms with Gasteiger partial charge in [0.05, 0.1) is 11.6 Å². The van der Waals surface area contributed by atoms with Crippen molar-refractivity contribution in [1.82, 2.24) is 20.0 Å². The first-order valence-corrected chi connectivity index (χ1v) is 11.4. The van der Waals surface area contributed by atoms with Crippen LogP contribution in [0, 0.1) is 5.92 Å². The van der Waals surface area contributed by atoms with Crippen molar-refractivity contribution in [1.29, 1.82) is 0 Å². The maximum absolute atomic E-state index is 13.3. The Morgan fingerprint density at radius 1 is 1.19 bits per heavy atom. The van der Waals surface area contributed by atoms with E-state index in [1.165, 1.54) is 4.68 Å². The fourth-order valence-corrected chi connectivity index (χ4v) is 5.48. The minimum Gasteiger partial charge on any atom is -0.381 e. The molecule has 170 valence electrons. The highest BCUT2D eigenvalue weighted by atomic mass is 16.5. The van der Waals surface area contributed by atoms with Crippen LogP contribution in [-0.2, 0) is 20.9 Å². The van der Waals surface area contributed by atoms with Crippen LogP contribution in [0.25, 0.3) is 10.9 Å². The first-order valence-electron chi connectivity index (χ1n) is 11.4. The van der Waals surface area contributed by atoms with Crippen molar-refractivity contribution < 1.29 is 19.1 Å². The number of hydrogen-bond acceptors (Lipinski definition) is 5. The summed E-state index contributed by atoms with van der Waals surface area (Å²) in [5.74, 6) is -0.466. The zero-order valence-corrected chi connectivity index (χ0v) is 18.2. The number of para-hydroxylation sites is 1. The van der Waals surface area contributed by atoms with E-state index in [1.54, 1.807) is 24.1 Å². The van der Waals surface area contributed by atoms with E-state index in [9.17, 15) is 14.4 Å². The largest absolute Gasteiger partial charge is 0.381 e. The lowest BCUT2D eigenvalue weighted by atomic mass is 9.92. The van der Waals surface area contributed by atoms with Crippen LogP contribution >= 0.6 is 0 Å². The van der Waals surface area contributed by atoms with Crippen LogP contribution < -0.4 is 11.1 Å². The number of carbonyl (C=O) groups is 3. The van der Waals surface area contributed by atoms with Gasteiger partial charge < -0.3 is 20.7 Å². The molecular formula is C23H29N5O4. The van der Waals surface area contributed by atoms with Crippen LogP contribution in [0.5, 0.6) is 0 Å². The van der Waals surface area contributed by atoms with E-state index >= 15 is 0 Å². The highest BCUT2D eigenvalue weighted by Crippen LogP contribution is 2.48. The third kappa shape index (κ3) is 3.74. The number of fused-ring (bicyclic) bond motifs is 2. The first-order chi connectivity index (χ1) is 15.5. The minimum absolute atomic E-state index is 0.0318. The van der Waals surface area contributed by atoms with Gasteiger partial charge in [0.1, 0.15) is 12.6 Å². The van der Waals surface area contributed by atoms with Crippen LogP contribution in [-0.4, -0.2) is 63.7 Å². The Kier molecular flexibility index (Phi) is 5.36. The molecular weight excluding hydrogens is 410 g/mol. The Bertz CT molecular complexity index is 1070. The summed E-state index contributed by atoms with van der Waals surface area (Å²) >= 11 is 0. The number of methoxy groups -OCH3 is 1. The van der Waals surface area contributed by atoms with Gasteiger partial charge in [0.15, 0.2) is 5.69 Å². The van der Waals surface area contributed by atoms with Crippen molar-refractivity contribution >= 4 is 28.6 Å². The zero-order chi connectivity index (χ0) is 22.4. The molecule has 0 bridgehead atoms. The lowest BCUT2D eigenvalue weighted by Crippen LogP contribution is -2.52. The number of ether oxygens (including phenoxy) is 1. The van der Waals surface area contributed by atoms with Crippen LogP contribution in [0.4, 0.5) is 0 Å². The molecule has 3 fully saturated rings. The number of amides is 3. The Labute approximate surface area is 186 Å². The fourth-order valence-electron chi connectivity index (χ4n) is 5.48. The lowest BCUT2D eigenvalue weighted by molar-refractivity contribution is -0.140. The molecule has 1 aliphatic heterocycles. The van der Waals surface area contributed by atoms with E-state index < -0.39 is 11.9 Å². The molecule has 0 radical (unpaired) electrons. The number of piperidine rings is 1. The maximum Gasteiger partial charge on any atom is 0.269 e. The van der Waals surface area contributed by atoms with E-state index in [1.807, 2.05) is 12.1 Å².